The molecule has 0 unspecified atom stereocenters. The van der Waals surface area contributed by atoms with Crippen molar-refractivity contribution in [3.05, 3.63) is 34.2 Å². The Morgan fingerprint density at radius 3 is 2.81 bits per heavy atom. The third kappa shape index (κ3) is 4.10. The second-order valence-electron chi connectivity index (χ2n) is 5.80. The monoisotopic (exact) mass is 309 g/mol. The van der Waals surface area contributed by atoms with E-state index < -0.39 is 0 Å². The van der Waals surface area contributed by atoms with E-state index in [1.54, 1.807) is 12.3 Å². The number of allylic oxidation sites excluding steroid dienone is 1. The smallest absolute Gasteiger partial charge is 0.287 e. The summed E-state index contributed by atoms with van der Waals surface area (Å²) >= 11 is 6.16. The van der Waals surface area contributed by atoms with Gasteiger partial charge in [-0.3, -0.25) is 4.79 Å². The van der Waals surface area contributed by atoms with Crippen LogP contribution in [0.1, 0.15) is 45.4 Å². The first-order valence-electron chi connectivity index (χ1n) is 7.78. The maximum Gasteiger partial charge on any atom is 0.287 e. The number of hydrogen-bond acceptors (Lipinski definition) is 3. The van der Waals surface area contributed by atoms with E-state index in [4.69, 9.17) is 11.6 Å². The van der Waals surface area contributed by atoms with Crippen molar-refractivity contribution in [2.45, 2.75) is 58.0 Å². The molecule has 0 amide bonds. The molecule has 1 saturated carbocycles. The van der Waals surface area contributed by atoms with E-state index in [-0.39, 0.29) is 10.6 Å². The summed E-state index contributed by atoms with van der Waals surface area (Å²) in [6.07, 6.45) is 10.6. The Morgan fingerprint density at radius 2 is 2.19 bits per heavy atom. The van der Waals surface area contributed by atoms with Crippen molar-refractivity contribution in [3.63, 3.8) is 0 Å². The number of hydrogen-bond donors (Lipinski definition) is 1. The molecule has 21 heavy (non-hydrogen) atoms. The van der Waals surface area contributed by atoms with Crippen LogP contribution in [-0.4, -0.2) is 15.8 Å². The second-order valence-corrected chi connectivity index (χ2v) is 6.18. The lowest BCUT2D eigenvalue weighted by Crippen LogP contribution is -2.29. The first-order chi connectivity index (χ1) is 10.2. The van der Waals surface area contributed by atoms with Gasteiger partial charge >= 0.3 is 0 Å². The maximum absolute atomic E-state index is 12.0. The van der Waals surface area contributed by atoms with Gasteiger partial charge in [0.1, 0.15) is 5.02 Å². The van der Waals surface area contributed by atoms with Crippen molar-refractivity contribution in [1.29, 1.82) is 0 Å². The zero-order valence-electron chi connectivity index (χ0n) is 12.6. The number of aromatic nitrogens is 2. The van der Waals surface area contributed by atoms with Crippen LogP contribution in [0.15, 0.2) is 23.6 Å². The van der Waals surface area contributed by atoms with Crippen LogP contribution in [0.25, 0.3) is 0 Å². The molecule has 1 aliphatic rings. The van der Waals surface area contributed by atoms with E-state index in [1.165, 1.54) is 30.4 Å². The average Bonchev–Trinajstić information content (AvgIpc) is 2.49. The van der Waals surface area contributed by atoms with Crippen molar-refractivity contribution in [3.8, 4) is 0 Å². The molecule has 1 heterocycles. The predicted molar refractivity (Wildman–Crippen MR) is 88.0 cm³/mol. The summed E-state index contributed by atoms with van der Waals surface area (Å²) in [5.74, 6) is 0.863. The van der Waals surface area contributed by atoms with Gasteiger partial charge in [0.25, 0.3) is 5.56 Å². The third-order valence-corrected chi connectivity index (χ3v) is 4.56. The molecule has 1 N–H and O–H groups in total. The van der Waals surface area contributed by atoms with Crippen molar-refractivity contribution in [1.82, 2.24) is 9.78 Å². The van der Waals surface area contributed by atoms with Gasteiger partial charge in [-0.1, -0.05) is 37.4 Å². The largest absolute Gasteiger partial charge is 0.380 e. The zero-order valence-corrected chi connectivity index (χ0v) is 13.4. The highest BCUT2D eigenvalue weighted by Crippen LogP contribution is 2.30. The lowest BCUT2D eigenvalue weighted by molar-refractivity contribution is 0.319. The molecule has 1 aromatic rings. The minimum atomic E-state index is -0.263. The molecular weight excluding hydrogens is 286 g/mol. The summed E-state index contributed by atoms with van der Waals surface area (Å²) in [6, 6.07) is 0.395. The molecule has 0 bridgehead atoms. The zero-order chi connectivity index (χ0) is 15.2. The Bertz CT molecular complexity index is 533. The van der Waals surface area contributed by atoms with Crippen LogP contribution in [0.3, 0.4) is 0 Å². The number of rotatable bonds is 6. The average molecular weight is 310 g/mol. The Balaban J connectivity index is 1.99. The third-order valence-electron chi connectivity index (χ3n) is 4.19. The number of nitrogens with one attached hydrogen (secondary N) is 1. The van der Waals surface area contributed by atoms with Gasteiger partial charge in [0, 0.05) is 6.04 Å². The Morgan fingerprint density at radius 1 is 1.48 bits per heavy atom. The molecule has 116 valence electrons. The van der Waals surface area contributed by atoms with Gasteiger partial charge in [0.05, 0.1) is 18.4 Å². The molecule has 4 nitrogen and oxygen atoms in total. The van der Waals surface area contributed by atoms with E-state index in [2.05, 4.69) is 23.9 Å². The Labute approximate surface area is 131 Å². The summed E-state index contributed by atoms with van der Waals surface area (Å²) < 4.78 is 1.32. The van der Waals surface area contributed by atoms with Gasteiger partial charge in [-0.05, 0) is 31.6 Å². The van der Waals surface area contributed by atoms with Crippen LogP contribution in [-0.2, 0) is 6.54 Å². The van der Waals surface area contributed by atoms with Crippen LogP contribution in [0.5, 0.6) is 0 Å². The molecule has 2 rings (SSSR count). The molecule has 0 aromatic carbocycles. The van der Waals surface area contributed by atoms with Crippen molar-refractivity contribution < 1.29 is 0 Å². The minimum Gasteiger partial charge on any atom is -0.380 e. The second kappa shape index (κ2) is 7.64. The first kappa shape index (κ1) is 16.1. The van der Waals surface area contributed by atoms with Crippen molar-refractivity contribution in [2.75, 3.05) is 5.32 Å². The van der Waals surface area contributed by atoms with Crippen LogP contribution >= 0.6 is 11.6 Å². The standard InChI is InChI=1S/C16H24ClN3O/c1-3-5-12-6-8-13(9-7-12)19-14-11-18-20(10-4-2)16(21)15(14)17/h4,11-13,19H,2-3,5-10H2,1H3. The summed E-state index contributed by atoms with van der Waals surface area (Å²) in [5, 5.41) is 7.74. The predicted octanol–water partition coefficient (Wildman–Crippen LogP) is 3.85. The van der Waals surface area contributed by atoms with Gasteiger partial charge in [0.15, 0.2) is 0 Å². The Kier molecular flexibility index (Phi) is 5.85. The number of nitrogens with zero attached hydrogens (tertiary/aromatic N) is 2. The van der Waals surface area contributed by atoms with Crippen LogP contribution < -0.4 is 10.9 Å². The number of anilines is 1. The van der Waals surface area contributed by atoms with E-state index >= 15 is 0 Å². The van der Waals surface area contributed by atoms with Crippen LogP contribution in [0.2, 0.25) is 5.02 Å². The van der Waals surface area contributed by atoms with E-state index in [0.717, 1.165) is 18.8 Å². The van der Waals surface area contributed by atoms with Crippen LogP contribution in [0, 0.1) is 5.92 Å². The van der Waals surface area contributed by atoms with Crippen molar-refractivity contribution >= 4 is 17.3 Å². The fourth-order valence-corrected chi connectivity index (χ4v) is 3.24. The molecule has 1 aromatic heterocycles. The van der Waals surface area contributed by atoms with Gasteiger partial charge < -0.3 is 5.32 Å². The highest BCUT2D eigenvalue weighted by Gasteiger charge is 2.21. The van der Waals surface area contributed by atoms with Crippen LogP contribution in [0.4, 0.5) is 5.69 Å². The molecule has 0 radical (unpaired) electrons. The van der Waals surface area contributed by atoms with E-state index in [9.17, 15) is 4.79 Å². The summed E-state index contributed by atoms with van der Waals surface area (Å²) in [6.45, 7) is 6.23. The lowest BCUT2D eigenvalue weighted by Gasteiger charge is -2.29. The van der Waals surface area contributed by atoms with E-state index in [1.807, 2.05) is 0 Å². The Hall–Kier alpha value is -1.29. The molecule has 5 heteroatoms. The van der Waals surface area contributed by atoms with Gasteiger partial charge in [-0.2, -0.15) is 5.10 Å². The molecular formula is C16H24ClN3O. The normalized spacial score (nSPS) is 22.0. The summed E-state index contributed by atoms with van der Waals surface area (Å²) in [7, 11) is 0. The summed E-state index contributed by atoms with van der Waals surface area (Å²) in [5.41, 5.74) is 0.391. The van der Waals surface area contributed by atoms with Gasteiger partial charge in [-0.15, -0.1) is 6.58 Å². The maximum atomic E-state index is 12.0. The topological polar surface area (TPSA) is 46.9 Å². The molecule has 1 fully saturated rings. The minimum absolute atomic E-state index is 0.225. The molecule has 1 aliphatic carbocycles. The highest BCUT2D eigenvalue weighted by molar-refractivity contribution is 6.32. The molecule has 0 saturated heterocycles. The van der Waals surface area contributed by atoms with Crippen molar-refractivity contribution in [2.24, 2.45) is 5.92 Å². The summed E-state index contributed by atoms with van der Waals surface area (Å²) in [4.78, 5) is 12.0. The molecule has 0 spiro atoms. The van der Waals surface area contributed by atoms with E-state index in [0.29, 0.717) is 18.3 Å². The lowest BCUT2D eigenvalue weighted by atomic mass is 9.83. The SMILES string of the molecule is C=CCn1ncc(NC2CCC(CCC)CC2)c(Cl)c1=O. The molecule has 0 atom stereocenters. The quantitative estimate of drug-likeness (QED) is 0.812. The highest BCUT2D eigenvalue weighted by atomic mass is 35.5. The fraction of sp³-hybridized carbons (Fsp3) is 0.625. The number of halogens is 1. The fourth-order valence-electron chi connectivity index (χ4n) is 3.04. The van der Waals surface area contributed by atoms with Gasteiger partial charge in [0.2, 0.25) is 0 Å². The molecule has 0 aliphatic heterocycles. The first-order valence-corrected chi connectivity index (χ1v) is 8.16. The van der Waals surface area contributed by atoms with Gasteiger partial charge in [-0.25, -0.2) is 4.68 Å².